The van der Waals surface area contributed by atoms with Crippen LogP contribution in [0.15, 0.2) is 18.3 Å². The van der Waals surface area contributed by atoms with Gasteiger partial charge in [-0.2, -0.15) is 13.2 Å². The highest BCUT2D eigenvalue weighted by atomic mass is 19.4. The number of hydrogen-bond donors (Lipinski definition) is 0. The van der Waals surface area contributed by atoms with Gasteiger partial charge >= 0.3 is 12.1 Å². The SMILES string of the molecule is COC(=O)C1CCCN1C(=O)c1ccc(C(F)(F)F)cn1. The Bertz CT molecular complexity index is 543. The summed E-state index contributed by atoms with van der Waals surface area (Å²) in [5.41, 5.74) is -1.05. The van der Waals surface area contributed by atoms with Gasteiger partial charge < -0.3 is 9.64 Å². The lowest BCUT2D eigenvalue weighted by atomic mass is 10.2. The summed E-state index contributed by atoms with van der Waals surface area (Å²) in [5.74, 6) is -1.11. The summed E-state index contributed by atoms with van der Waals surface area (Å²) in [6.07, 6.45) is -2.79. The van der Waals surface area contributed by atoms with Gasteiger partial charge in [0, 0.05) is 12.7 Å². The smallest absolute Gasteiger partial charge is 0.417 e. The van der Waals surface area contributed by atoms with Crippen molar-refractivity contribution >= 4 is 11.9 Å². The Morgan fingerprint density at radius 3 is 2.62 bits per heavy atom. The molecule has 2 rings (SSSR count). The molecule has 1 saturated heterocycles. The summed E-state index contributed by atoms with van der Waals surface area (Å²) in [6, 6.07) is 1.10. The summed E-state index contributed by atoms with van der Waals surface area (Å²) >= 11 is 0. The highest BCUT2D eigenvalue weighted by molar-refractivity contribution is 5.95. The van der Waals surface area contributed by atoms with E-state index < -0.39 is 29.7 Å². The molecule has 1 aromatic rings. The summed E-state index contributed by atoms with van der Waals surface area (Å²) in [4.78, 5) is 28.6. The zero-order valence-corrected chi connectivity index (χ0v) is 11.2. The van der Waals surface area contributed by atoms with E-state index in [0.717, 1.165) is 12.1 Å². The molecule has 0 N–H and O–H groups in total. The molecule has 0 saturated carbocycles. The fourth-order valence-electron chi connectivity index (χ4n) is 2.23. The molecule has 21 heavy (non-hydrogen) atoms. The average molecular weight is 302 g/mol. The molecule has 0 spiro atoms. The second-order valence-corrected chi connectivity index (χ2v) is 4.61. The molecule has 1 aliphatic heterocycles. The normalized spacial score (nSPS) is 18.7. The predicted molar refractivity (Wildman–Crippen MR) is 65.3 cm³/mol. The zero-order valence-electron chi connectivity index (χ0n) is 11.2. The molecule has 5 nitrogen and oxygen atoms in total. The van der Waals surface area contributed by atoms with Crippen molar-refractivity contribution in [1.82, 2.24) is 9.88 Å². The number of nitrogens with zero attached hydrogens (tertiary/aromatic N) is 2. The van der Waals surface area contributed by atoms with E-state index in [0.29, 0.717) is 25.6 Å². The highest BCUT2D eigenvalue weighted by Crippen LogP contribution is 2.28. The number of hydrogen-bond acceptors (Lipinski definition) is 4. The zero-order chi connectivity index (χ0) is 15.6. The van der Waals surface area contributed by atoms with Gasteiger partial charge in [-0.25, -0.2) is 4.79 Å². The van der Waals surface area contributed by atoms with Gasteiger partial charge in [0.2, 0.25) is 0 Å². The first kappa shape index (κ1) is 15.3. The Morgan fingerprint density at radius 2 is 2.10 bits per heavy atom. The molecule has 0 aromatic carbocycles. The van der Waals surface area contributed by atoms with Crippen LogP contribution in [0, 0.1) is 0 Å². The minimum atomic E-state index is -4.50. The van der Waals surface area contributed by atoms with Gasteiger partial charge in [0.25, 0.3) is 5.91 Å². The van der Waals surface area contributed by atoms with E-state index in [1.54, 1.807) is 0 Å². The van der Waals surface area contributed by atoms with Gasteiger partial charge in [-0.05, 0) is 25.0 Å². The van der Waals surface area contributed by atoms with Crippen LogP contribution in [0.3, 0.4) is 0 Å². The standard InChI is InChI=1S/C13H13F3N2O3/c1-21-12(20)10-3-2-6-18(10)11(19)9-5-4-8(7-17-9)13(14,15)16/h4-5,7,10H,2-3,6H2,1H3. The number of pyridine rings is 1. The van der Waals surface area contributed by atoms with Crippen LogP contribution in [0.2, 0.25) is 0 Å². The number of rotatable bonds is 2. The minimum absolute atomic E-state index is 0.126. The van der Waals surface area contributed by atoms with E-state index >= 15 is 0 Å². The van der Waals surface area contributed by atoms with E-state index in [1.165, 1.54) is 12.0 Å². The monoisotopic (exact) mass is 302 g/mol. The molecule has 1 aliphatic rings. The third kappa shape index (κ3) is 3.14. The maximum Gasteiger partial charge on any atom is 0.417 e. The largest absolute Gasteiger partial charge is 0.467 e. The van der Waals surface area contributed by atoms with Crippen molar-refractivity contribution in [3.63, 3.8) is 0 Å². The van der Waals surface area contributed by atoms with Crippen LogP contribution < -0.4 is 0 Å². The lowest BCUT2D eigenvalue weighted by Crippen LogP contribution is -2.41. The number of aromatic nitrogens is 1. The van der Waals surface area contributed by atoms with Crippen LogP contribution in [0.1, 0.15) is 28.9 Å². The number of alkyl halides is 3. The highest BCUT2D eigenvalue weighted by Gasteiger charge is 2.36. The molecule has 0 aliphatic carbocycles. The fourth-order valence-corrected chi connectivity index (χ4v) is 2.23. The molecule has 1 amide bonds. The van der Waals surface area contributed by atoms with Gasteiger partial charge in [0.1, 0.15) is 11.7 Å². The molecule has 1 unspecified atom stereocenters. The first-order chi connectivity index (χ1) is 9.84. The van der Waals surface area contributed by atoms with Crippen LogP contribution in [-0.4, -0.2) is 41.5 Å². The van der Waals surface area contributed by atoms with Gasteiger partial charge in [-0.15, -0.1) is 0 Å². The van der Waals surface area contributed by atoms with E-state index in [1.807, 2.05) is 0 Å². The maximum absolute atomic E-state index is 12.4. The Balaban J connectivity index is 2.18. The van der Waals surface area contributed by atoms with Gasteiger partial charge in [0.05, 0.1) is 12.7 Å². The first-order valence-electron chi connectivity index (χ1n) is 6.26. The van der Waals surface area contributed by atoms with Crippen molar-refractivity contribution in [1.29, 1.82) is 0 Å². The third-order valence-electron chi connectivity index (χ3n) is 3.30. The molecule has 2 heterocycles. The van der Waals surface area contributed by atoms with E-state index in [-0.39, 0.29) is 5.69 Å². The molecular formula is C13H13F3N2O3. The average Bonchev–Trinajstić information content (AvgIpc) is 2.94. The van der Waals surface area contributed by atoms with Crippen molar-refractivity contribution in [3.05, 3.63) is 29.6 Å². The predicted octanol–water partition coefficient (Wildman–Crippen LogP) is 1.88. The van der Waals surface area contributed by atoms with E-state index in [4.69, 9.17) is 0 Å². The van der Waals surface area contributed by atoms with Crippen molar-refractivity contribution in [2.24, 2.45) is 0 Å². The van der Waals surface area contributed by atoms with E-state index in [9.17, 15) is 22.8 Å². The second-order valence-electron chi connectivity index (χ2n) is 4.61. The van der Waals surface area contributed by atoms with Crippen molar-refractivity contribution < 1.29 is 27.5 Å². The molecule has 0 radical (unpaired) electrons. The third-order valence-corrected chi connectivity index (χ3v) is 3.30. The number of carbonyl (C=O) groups is 2. The van der Waals surface area contributed by atoms with Gasteiger partial charge in [0.15, 0.2) is 0 Å². The molecule has 8 heteroatoms. The Kier molecular flexibility index (Phi) is 4.15. The van der Waals surface area contributed by atoms with Crippen LogP contribution in [0.5, 0.6) is 0 Å². The topological polar surface area (TPSA) is 59.5 Å². The maximum atomic E-state index is 12.4. The molecule has 1 fully saturated rings. The quantitative estimate of drug-likeness (QED) is 0.783. The second kappa shape index (κ2) is 5.71. The number of methoxy groups -OCH3 is 1. The Morgan fingerprint density at radius 1 is 1.38 bits per heavy atom. The molecule has 114 valence electrons. The van der Waals surface area contributed by atoms with Crippen molar-refractivity contribution in [3.8, 4) is 0 Å². The number of esters is 1. The van der Waals surface area contributed by atoms with Gasteiger partial charge in [-0.3, -0.25) is 9.78 Å². The lowest BCUT2D eigenvalue weighted by molar-refractivity contribution is -0.145. The van der Waals surface area contributed by atoms with E-state index in [2.05, 4.69) is 9.72 Å². The summed E-state index contributed by atoms with van der Waals surface area (Å²) in [5, 5.41) is 0. The number of likely N-dealkylation sites (tertiary alicyclic amines) is 1. The number of halogens is 3. The minimum Gasteiger partial charge on any atom is -0.467 e. The number of ether oxygens (including phenoxy) is 1. The molecule has 1 aromatic heterocycles. The lowest BCUT2D eigenvalue weighted by Gasteiger charge is -2.22. The summed E-state index contributed by atoms with van der Waals surface area (Å²) in [7, 11) is 1.22. The Hall–Kier alpha value is -2.12. The summed E-state index contributed by atoms with van der Waals surface area (Å²) < 4.78 is 41.9. The van der Waals surface area contributed by atoms with Crippen LogP contribution in [0.4, 0.5) is 13.2 Å². The first-order valence-corrected chi connectivity index (χ1v) is 6.26. The van der Waals surface area contributed by atoms with Gasteiger partial charge in [-0.1, -0.05) is 0 Å². The van der Waals surface area contributed by atoms with Crippen molar-refractivity contribution in [2.45, 2.75) is 25.1 Å². The van der Waals surface area contributed by atoms with Crippen LogP contribution >= 0.6 is 0 Å². The number of amides is 1. The number of carbonyl (C=O) groups excluding carboxylic acids is 2. The molecule has 1 atom stereocenters. The summed E-state index contributed by atoms with van der Waals surface area (Å²) in [6.45, 7) is 0.349. The molecule has 0 bridgehead atoms. The van der Waals surface area contributed by atoms with Crippen LogP contribution in [-0.2, 0) is 15.7 Å². The Labute approximate surface area is 118 Å². The van der Waals surface area contributed by atoms with Crippen molar-refractivity contribution in [2.75, 3.05) is 13.7 Å². The molecular weight excluding hydrogens is 289 g/mol. The fraction of sp³-hybridized carbons (Fsp3) is 0.462. The van der Waals surface area contributed by atoms with Crippen LogP contribution in [0.25, 0.3) is 0 Å².